The molecule has 0 saturated heterocycles. The molecule has 4 bridgehead atoms. The maximum atomic E-state index is 5.88. The summed E-state index contributed by atoms with van der Waals surface area (Å²) in [5.41, 5.74) is 4.99. The van der Waals surface area contributed by atoms with E-state index in [0.717, 1.165) is 24.2 Å². The molecule has 1 atom stereocenters. The molecule has 4 aliphatic carbocycles. The van der Waals surface area contributed by atoms with Crippen LogP contribution in [-0.2, 0) is 6.42 Å². The second-order valence-corrected chi connectivity index (χ2v) is 8.05. The fourth-order valence-corrected chi connectivity index (χ4v) is 6.06. The normalized spacial score (nSPS) is 38.6. The molecule has 0 radical (unpaired) electrons. The fraction of sp³-hybridized carbons (Fsp3) is 0.722. The maximum absolute atomic E-state index is 5.88. The number of nitrogens with zero attached hydrogens (tertiary/aromatic N) is 1. The summed E-state index contributed by atoms with van der Waals surface area (Å²) < 4.78 is 0. The van der Waals surface area contributed by atoms with Crippen LogP contribution >= 0.6 is 0 Å². The molecule has 1 aromatic rings. The molecule has 0 spiro atoms. The summed E-state index contributed by atoms with van der Waals surface area (Å²) in [6, 6.07) is 4.58. The Morgan fingerprint density at radius 2 is 1.86 bits per heavy atom. The summed E-state index contributed by atoms with van der Waals surface area (Å²) in [5, 5.41) is 0. The van der Waals surface area contributed by atoms with Gasteiger partial charge in [-0.25, -0.2) is 0 Å². The fourth-order valence-electron chi connectivity index (χ4n) is 6.06. The van der Waals surface area contributed by atoms with Crippen LogP contribution in [-0.4, -0.2) is 11.0 Å². The van der Waals surface area contributed by atoms with Crippen LogP contribution in [0.4, 0.5) is 0 Å². The molecule has 1 unspecified atom stereocenters. The van der Waals surface area contributed by atoms with Gasteiger partial charge in [0.25, 0.3) is 0 Å². The molecule has 0 aliphatic heterocycles. The number of nitrogens with one attached hydrogen (secondary N) is 1. The number of hydrazine groups is 1. The molecule has 114 valence electrons. The Morgan fingerprint density at radius 3 is 2.38 bits per heavy atom. The van der Waals surface area contributed by atoms with Crippen LogP contribution in [0.1, 0.15) is 50.5 Å². The minimum absolute atomic E-state index is 0.394. The van der Waals surface area contributed by atoms with Crippen molar-refractivity contribution < 1.29 is 0 Å². The van der Waals surface area contributed by atoms with Gasteiger partial charge in [0.2, 0.25) is 0 Å². The van der Waals surface area contributed by atoms with Crippen molar-refractivity contribution in [1.82, 2.24) is 10.4 Å². The first-order valence-electron chi connectivity index (χ1n) is 8.60. The average Bonchev–Trinajstić information content (AvgIpc) is 2.46. The summed E-state index contributed by atoms with van der Waals surface area (Å²) in [6.07, 6.45) is 15.0. The van der Waals surface area contributed by atoms with Crippen molar-refractivity contribution >= 4 is 0 Å². The molecule has 0 aromatic carbocycles. The smallest absolute Gasteiger partial charge is 0.0300 e. The zero-order valence-corrected chi connectivity index (χ0v) is 12.8. The molecule has 5 rings (SSSR count). The van der Waals surface area contributed by atoms with E-state index in [4.69, 9.17) is 5.84 Å². The van der Waals surface area contributed by atoms with Gasteiger partial charge in [0, 0.05) is 18.4 Å². The third kappa shape index (κ3) is 2.74. The third-order valence-electron chi connectivity index (χ3n) is 6.29. The van der Waals surface area contributed by atoms with Crippen molar-refractivity contribution in [2.24, 2.45) is 29.0 Å². The molecule has 4 saturated carbocycles. The summed E-state index contributed by atoms with van der Waals surface area (Å²) in [4.78, 5) is 4.23. The van der Waals surface area contributed by atoms with Crippen molar-refractivity contribution in [3.8, 4) is 0 Å². The number of hydrogen-bond acceptors (Lipinski definition) is 3. The highest BCUT2D eigenvalue weighted by atomic mass is 15.2. The summed E-state index contributed by atoms with van der Waals surface area (Å²) in [5.74, 6) is 8.94. The minimum atomic E-state index is 0.394. The van der Waals surface area contributed by atoms with E-state index in [0.29, 0.717) is 11.5 Å². The maximum Gasteiger partial charge on any atom is 0.0300 e. The van der Waals surface area contributed by atoms with Gasteiger partial charge in [-0.2, -0.15) is 0 Å². The third-order valence-corrected chi connectivity index (χ3v) is 6.29. The van der Waals surface area contributed by atoms with Gasteiger partial charge in [0.15, 0.2) is 0 Å². The van der Waals surface area contributed by atoms with Gasteiger partial charge in [0.05, 0.1) is 0 Å². The summed E-state index contributed by atoms with van der Waals surface area (Å²) in [7, 11) is 0. The van der Waals surface area contributed by atoms with E-state index < -0.39 is 0 Å². The van der Waals surface area contributed by atoms with Crippen LogP contribution in [0.3, 0.4) is 0 Å². The molecule has 1 heterocycles. The van der Waals surface area contributed by atoms with Gasteiger partial charge in [0.1, 0.15) is 0 Å². The number of hydrogen-bond donors (Lipinski definition) is 2. The Morgan fingerprint density at radius 1 is 1.19 bits per heavy atom. The van der Waals surface area contributed by atoms with Gasteiger partial charge in [-0.15, -0.1) is 0 Å². The molecule has 3 N–H and O–H groups in total. The van der Waals surface area contributed by atoms with Crippen molar-refractivity contribution in [3.63, 3.8) is 0 Å². The summed E-state index contributed by atoms with van der Waals surface area (Å²) in [6.45, 7) is 0. The second-order valence-electron chi connectivity index (χ2n) is 8.05. The number of aromatic nitrogens is 1. The Balaban J connectivity index is 1.46. The zero-order chi connectivity index (χ0) is 14.3. The molecule has 0 amide bonds. The Labute approximate surface area is 127 Å². The molecule has 1 aromatic heterocycles. The molecule has 4 aliphatic rings. The van der Waals surface area contributed by atoms with Crippen molar-refractivity contribution in [2.75, 3.05) is 0 Å². The van der Waals surface area contributed by atoms with Crippen LogP contribution in [0.2, 0.25) is 0 Å². The molecule has 21 heavy (non-hydrogen) atoms. The van der Waals surface area contributed by atoms with E-state index in [-0.39, 0.29) is 0 Å². The molecule has 3 nitrogen and oxygen atoms in total. The van der Waals surface area contributed by atoms with Crippen LogP contribution in [0.15, 0.2) is 24.5 Å². The lowest BCUT2D eigenvalue weighted by Gasteiger charge is -2.57. The standard InChI is InChI=1S/C18H27N3/c19-21-17(7-13-2-1-3-20-12-13)11-18-8-14-4-15(9-18)6-16(5-14)10-18/h1-3,12,14-17,21H,4-11,19H2. The van der Waals surface area contributed by atoms with Gasteiger partial charge in [-0.3, -0.25) is 16.3 Å². The van der Waals surface area contributed by atoms with Gasteiger partial charge >= 0.3 is 0 Å². The zero-order valence-electron chi connectivity index (χ0n) is 12.8. The Bertz CT molecular complexity index is 449. The molecular formula is C18H27N3. The topological polar surface area (TPSA) is 50.9 Å². The first kappa shape index (κ1) is 13.7. The SMILES string of the molecule is NNC(Cc1cccnc1)CC12CC3CC(CC(C3)C1)C2. The monoisotopic (exact) mass is 285 g/mol. The molecule has 3 heteroatoms. The first-order valence-corrected chi connectivity index (χ1v) is 8.60. The van der Waals surface area contributed by atoms with E-state index in [1.807, 2.05) is 18.5 Å². The lowest BCUT2D eigenvalue weighted by Crippen LogP contribution is -2.50. The largest absolute Gasteiger partial charge is 0.271 e. The predicted octanol–water partition coefficient (Wildman–Crippen LogP) is 3.06. The van der Waals surface area contributed by atoms with E-state index in [1.165, 1.54) is 50.5 Å². The lowest BCUT2D eigenvalue weighted by atomic mass is 9.48. The van der Waals surface area contributed by atoms with Crippen molar-refractivity contribution in [3.05, 3.63) is 30.1 Å². The molecule has 4 fully saturated rings. The minimum Gasteiger partial charge on any atom is -0.271 e. The Kier molecular flexibility index (Phi) is 3.50. The van der Waals surface area contributed by atoms with Gasteiger partial charge in [-0.05, 0) is 86.2 Å². The Hall–Kier alpha value is -0.930. The van der Waals surface area contributed by atoms with Gasteiger partial charge < -0.3 is 0 Å². The number of nitrogens with two attached hydrogens (primary N) is 1. The highest BCUT2D eigenvalue weighted by Crippen LogP contribution is 2.61. The average molecular weight is 285 g/mol. The van der Waals surface area contributed by atoms with Crippen LogP contribution in [0.25, 0.3) is 0 Å². The van der Waals surface area contributed by atoms with Crippen LogP contribution < -0.4 is 11.3 Å². The number of pyridine rings is 1. The van der Waals surface area contributed by atoms with E-state index in [1.54, 1.807) is 0 Å². The predicted molar refractivity (Wildman–Crippen MR) is 84.3 cm³/mol. The van der Waals surface area contributed by atoms with E-state index >= 15 is 0 Å². The summed E-state index contributed by atoms with van der Waals surface area (Å²) >= 11 is 0. The lowest BCUT2D eigenvalue weighted by molar-refractivity contribution is -0.0620. The molecular weight excluding hydrogens is 258 g/mol. The van der Waals surface area contributed by atoms with E-state index in [9.17, 15) is 0 Å². The second kappa shape index (κ2) is 5.36. The van der Waals surface area contributed by atoms with Crippen molar-refractivity contribution in [2.45, 2.75) is 57.4 Å². The van der Waals surface area contributed by atoms with E-state index in [2.05, 4.69) is 16.5 Å². The highest BCUT2D eigenvalue weighted by molar-refractivity contribution is 5.11. The van der Waals surface area contributed by atoms with Crippen LogP contribution in [0, 0.1) is 23.2 Å². The quantitative estimate of drug-likeness (QED) is 0.646. The van der Waals surface area contributed by atoms with Crippen molar-refractivity contribution in [1.29, 1.82) is 0 Å². The highest BCUT2D eigenvalue weighted by Gasteiger charge is 2.51. The van der Waals surface area contributed by atoms with Gasteiger partial charge in [-0.1, -0.05) is 6.07 Å². The number of rotatable bonds is 5. The first-order chi connectivity index (χ1) is 10.2. The van der Waals surface area contributed by atoms with Crippen LogP contribution in [0.5, 0.6) is 0 Å².